The van der Waals surface area contributed by atoms with Crippen LogP contribution in [0.1, 0.15) is 35.7 Å². The van der Waals surface area contributed by atoms with Crippen molar-refractivity contribution < 1.29 is 14.2 Å². The van der Waals surface area contributed by atoms with Gasteiger partial charge in [0.1, 0.15) is 17.7 Å². The third kappa shape index (κ3) is 4.11. The van der Waals surface area contributed by atoms with Gasteiger partial charge in [-0.05, 0) is 62.2 Å². The summed E-state index contributed by atoms with van der Waals surface area (Å²) in [5.74, 6) is 7.65. The fourth-order valence-electron chi connectivity index (χ4n) is 4.60. The second kappa shape index (κ2) is 9.21. The molecule has 5 rings (SSSR count). The Kier molecular flexibility index (Phi) is 5.94. The molecule has 2 aromatic rings. The number of carbonyl (C=O) groups excluding carboxylic acids is 2. The largest absolute Gasteiger partial charge is 0.330 e. The highest BCUT2D eigenvalue weighted by molar-refractivity contribution is 6.05. The number of likely N-dealkylation sites (tertiary alicyclic amines) is 1. The van der Waals surface area contributed by atoms with Crippen molar-refractivity contribution in [1.29, 1.82) is 0 Å². The van der Waals surface area contributed by atoms with Crippen molar-refractivity contribution in [3.05, 3.63) is 95.7 Å². The summed E-state index contributed by atoms with van der Waals surface area (Å²) in [5.41, 5.74) is 2.76. The fraction of sp³-hybridized carbons (Fsp3) is 0.192. The second-order valence-corrected chi connectivity index (χ2v) is 8.50. The van der Waals surface area contributed by atoms with E-state index < -0.39 is 0 Å². The van der Waals surface area contributed by atoms with Crippen LogP contribution in [-0.4, -0.2) is 50.9 Å². The molecule has 2 amide bonds. The molecule has 9 heteroatoms. The fourth-order valence-corrected chi connectivity index (χ4v) is 4.60. The number of nitrogens with zero attached hydrogens (tertiary/aromatic N) is 5. The summed E-state index contributed by atoms with van der Waals surface area (Å²) in [6, 6.07) is 12.3. The van der Waals surface area contributed by atoms with Crippen LogP contribution < -0.4 is 11.2 Å². The predicted octanol–water partition coefficient (Wildman–Crippen LogP) is 3.12. The van der Waals surface area contributed by atoms with Crippen molar-refractivity contribution >= 4 is 29.7 Å². The Morgan fingerprint density at radius 2 is 2.03 bits per heavy atom. The Hall–Kier alpha value is -4.21. The van der Waals surface area contributed by atoms with Crippen molar-refractivity contribution in [1.82, 2.24) is 9.88 Å². The number of fused-ring (bicyclic) bond motifs is 1. The van der Waals surface area contributed by atoms with E-state index in [1.54, 1.807) is 61.2 Å². The van der Waals surface area contributed by atoms with Crippen LogP contribution in [0, 0.1) is 0 Å². The minimum Gasteiger partial charge on any atom is -0.330 e. The lowest BCUT2D eigenvalue weighted by Gasteiger charge is -2.27. The van der Waals surface area contributed by atoms with Crippen LogP contribution in [0.15, 0.2) is 94.6 Å². The van der Waals surface area contributed by atoms with Crippen LogP contribution in [0.25, 0.3) is 0 Å². The quantitative estimate of drug-likeness (QED) is 0.399. The Balaban J connectivity index is 1.45. The van der Waals surface area contributed by atoms with E-state index in [4.69, 9.17) is 10.8 Å². The number of benzene rings is 1. The number of aliphatic imine (C=N–C) groups is 2. The van der Waals surface area contributed by atoms with E-state index in [2.05, 4.69) is 15.3 Å². The van der Waals surface area contributed by atoms with Gasteiger partial charge in [-0.3, -0.25) is 14.6 Å². The number of nitrogens with two attached hydrogens (primary N) is 1. The van der Waals surface area contributed by atoms with Crippen molar-refractivity contribution in [2.45, 2.75) is 25.8 Å². The molecule has 1 saturated heterocycles. The first-order chi connectivity index (χ1) is 17.0. The van der Waals surface area contributed by atoms with E-state index >= 15 is 0 Å². The number of rotatable bonds is 5. The molecule has 4 heterocycles. The van der Waals surface area contributed by atoms with E-state index in [9.17, 15) is 9.59 Å². The maximum atomic E-state index is 12.7. The number of allylic oxidation sites excluding steroid dienone is 2. The SMILES string of the molecule is C/C=C/C(=O)N1CCCC1C1=C2C=NC=C[N+]2(N)C(c2ccc(C(=O)Nc3ccccn3)cc2)=N1. The van der Waals surface area contributed by atoms with Crippen molar-refractivity contribution in [3.8, 4) is 0 Å². The molecule has 0 aliphatic carbocycles. The molecule has 2 unspecified atom stereocenters. The molecule has 3 N–H and O–H groups in total. The predicted molar refractivity (Wildman–Crippen MR) is 134 cm³/mol. The van der Waals surface area contributed by atoms with E-state index in [1.165, 1.54) is 0 Å². The second-order valence-electron chi connectivity index (χ2n) is 8.50. The summed E-state index contributed by atoms with van der Waals surface area (Å²) < 4.78 is -0.138. The number of pyridine rings is 1. The molecule has 1 aromatic carbocycles. The molecule has 176 valence electrons. The molecule has 2 atom stereocenters. The number of carbonyl (C=O) groups is 2. The van der Waals surface area contributed by atoms with Crippen LogP contribution in [0.2, 0.25) is 0 Å². The highest BCUT2D eigenvalue weighted by Crippen LogP contribution is 2.37. The number of aromatic nitrogens is 1. The molecule has 1 aromatic heterocycles. The van der Waals surface area contributed by atoms with Crippen LogP contribution in [-0.2, 0) is 4.79 Å². The first kappa shape index (κ1) is 22.6. The zero-order chi connectivity index (χ0) is 24.4. The van der Waals surface area contributed by atoms with Crippen LogP contribution in [0.3, 0.4) is 0 Å². The van der Waals surface area contributed by atoms with Gasteiger partial charge in [-0.2, -0.15) is 10.8 Å². The number of quaternary nitrogens is 1. The molecule has 35 heavy (non-hydrogen) atoms. The summed E-state index contributed by atoms with van der Waals surface area (Å²) >= 11 is 0. The number of hydrogen-bond donors (Lipinski definition) is 2. The normalized spacial score (nSPS) is 23.1. The van der Waals surface area contributed by atoms with Gasteiger partial charge < -0.3 is 10.2 Å². The maximum Gasteiger partial charge on any atom is 0.264 e. The zero-order valence-corrected chi connectivity index (χ0v) is 19.3. The molecule has 0 saturated carbocycles. The Bertz CT molecular complexity index is 1310. The van der Waals surface area contributed by atoms with Crippen molar-refractivity contribution in [2.75, 3.05) is 11.9 Å². The Labute approximate surface area is 203 Å². The Morgan fingerprint density at radius 1 is 1.20 bits per heavy atom. The van der Waals surface area contributed by atoms with Gasteiger partial charge in [0.2, 0.25) is 11.6 Å². The van der Waals surface area contributed by atoms with Crippen LogP contribution in [0.5, 0.6) is 0 Å². The monoisotopic (exact) mass is 468 g/mol. The van der Waals surface area contributed by atoms with E-state index in [1.807, 2.05) is 30.0 Å². The van der Waals surface area contributed by atoms with Gasteiger partial charge in [0.15, 0.2) is 0 Å². The van der Waals surface area contributed by atoms with Gasteiger partial charge in [-0.1, -0.05) is 12.1 Å². The van der Waals surface area contributed by atoms with Crippen LogP contribution >= 0.6 is 0 Å². The molecule has 0 spiro atoms. The highest BCUT2D eigenvalue weighted by atomic mass is 16.2. The minimum absolute atomic E-state index is 0.0339. The lowest BCUT2D eigenvalue weighted by atomic mass is 10.1. The summed E-state index contributed by atoms with van der Waals surface area (Å²) in [6.45, 7) is 2.50. The lowest BCUT2D eigenvalue weighted by Crippen LogP contribution is -2.53. The van der Waals surface area contributed by atoms with Gasteiger partial charge in [-0.25, -0.2) is 4.98 Å². The smallest absolute Gasteiger partial charge is 0.264 e. The molecule has 0 radical (unpaired) electrons. The number of amidine groups is 1. The topological polar surface area (TPSA) is 113 Å². The molecule has 3 aliphatic heterocycles. The van der Waals surface area contributed by atoms with Gasteiger partial charge in [0, 0.05) is 18.3 Å². The molecule has 3 aliphatic rings. The summed E-state index contributed by atoms with van der Waals surface area (Å²) in [4.78, 5) is 40.5. The first-order valence-corrected chi connectivity index (χ1v) is 11.5. The number of nitrogens with one attached hydrogen (secondary N) is 1. The van der Waals surface area contributed by atoms with Gasteiger partial charge >= 0.3 is 0 Å². The molecule has 1 fully saturated rings. The highest BCUT2D eigenvalue weighted by Gasteiger charge is 2.48. The lowest BCUT2D eigenvalue weighted by molar-refractivity contribution is -0.750. The molecular weight excluding hydrogens is 442 g/mol. The molecule has 0 bridgehead atoms. The third-order valence-electron chi connectivity index (χ3n) is 6.30. The number of hydrogen-bond acceptors (Lipinski definition) is 6. The van der Waals surface area contributed by atoms with Gasteiger partial charge in [0.25, 0.3) is 11.7 Å². The maximum absolute atomic E-state index is 12.7. The van der Waals surface area contributed by atoms with Gasteiger partial charge in [-0.15, -0.1) is 4.59 Å². The average Bonchev–Trinajstić information content (AvgIpc) is 3.47. The first-order valence-electron chi connectivity index (χ1n) is 11.5. The van der Waals surface area contributed by atoms with E-state index in [-0.39, 0.29) is 22.4 Å². The summed E-state index contributed by atoms with van der Waals surface area (Å²) in [7, 11) is 0. The Morgan fingerprint density at radius 3 is 2.77 bits per heavy atom. The summed E-state index contributed by atoms with van der Waals surface area (Å²) in [5, 5.41) is 2.78. The molecule has 9 nitrogen and oxygen atoms in total. The average molecular weight is 469 g/mol. The minimum atomic E-state index is -0.256. The number of anilines is 1. The number of amides is 2. The summed E-state index contributed by atoms with van der Waals surface area (Å²) in [6.07, 6.45) is 11.8. The van der Waals surface area contributed by atoms with Crippen molar-refractivity contribution in [2.24, 2.45) is 15.8 Å². The van der Waals surface area contributed by atoms with E-state index in [0.717, 1.165) is 29.8 Å². The van der Waals surface area contributed by atoms with E-state index in [0.29, 0.717) is 23.8 Å². The zero-order valence-electron chi connectivity index (χ0n) is 19.3. The van der Waals surface area contributed by atoms with Crippen LogP contribution in [0.4, 0.5) is 5.82 Å². The third-order valence-corrected chi connectivity index (χ3v) is 6.30. The molecular formula is C26H26N7O2+. The standard InChI is InChI=1S/C26H25N7O2/c1-2-6-23(34)32-15-5-7-20(32)24-21-17-28-14-16-33(21,27)25(31-24)18-9-11-19(12-10-18)26(35)30-22-8-3-4-13-29-22/h2-4,6,8-14,16-17,20H,5,7,15,27H2,1H3/p+1/b6-2+. The van der Waals surface area contributed by atoms with Gasteiger partial charge in [0.05, 0.1) is 24.0 Å². The van der Waals surface area contributed by atoms with Crippen molar-refractivity contribution in [3.63, 3.8) is 0 Å².